The summed E-state index contributed by atoms with van der Waals surface area (Å²) in [6, 6.07) is 9.02. The van der Waals surface area contributed by atoms with Crippen molar-refractivity contribution in [1.82, 2.24) is 20.0 Å². The lowest BCUT2D eigenvalue weighted by atomic mass is 9.89. The Kier molecular flexibility index (Phi) is 8.22. The minimum absolute atomic E-state index is 0.219. The molecule has 0 spiro atoms. The molecule has 37 heavy (non-hydrogen) atoms. The molecule has 2 heterocycles. The van der Waals surface area contributed by atoms with Gasteiger partial charge in [0.15, 0.2) is 11.6 Å². The molecule has 1 fully saturated rings. The highest BCUT2D eigenvalue weighted by atomic mass is 19.2. The third-order valence-electron chi connectivity index (χ3n) is 7.51. The maximum atomic E-state index is 14.0. The van der Waals surface area contributed by atoms with Gasteiger partial charge >= 0.3 is 6.03 Å². The van der Waals surface area contributed by atoms with Gasteiger partial charge in [-0.2, -0.15) is 0 Å². The van der Waals surface area contributed by atoms with E-state index >= 15 is 0 Å². The van der Waals surface area contributed by atoms with Crippen molar-refractivity contribution < 1.29 is 22.8 Å². The Labute approximate surface area is 215 Å². The second-order valence-corrected chi connectivity index (χ2v) is 9.80. The molecule has 0 aliphatic carbocycles. The first-order valence-corrected chi connectivity index (χ1v) is 12.6. The molecule has 0 aromatic heterocycles. The summed E-state index contributed by atoms with van der Waals surface area (Å²) in [6.45, 7) is 4.84. The number of nitrogens with one attached hydrogen (secondary N) is 1. The van der Waals surface area contributed by atoms with Crippen molar-refractivity contribution in [3.05, 3.63) is 82.3 Å². The summed E-state index contributed by atoms with van der Waals surface area (Å²) in [5.41, 5.74) is 2.30. The first-order valence-electron chi connectivity index (χ1n) is 12.6. The quantitative estimate of drug-likeness (QED) is 0.540. The van der Waals surface area contributed by atoms with Crippen LogP contribution >= 0.6 is 0 Å². The van der Waals surface area contributed by atoms with Crippen LogP contribution in [0.25, 0.3) is 0 Å². The molecule has 0 radical (unpaired) electrons. The number of nitrogens with zero attached hydrogens (tertiary/aromatic N) is 3. The average Bonchev–Trinajstić information content (AvgIpc) is 2.89. The highest BCUT2D eigenvalue weighted by Crippen LogP contribution is 2.36. The second-order valence-electron chi connectivity index (χ2n) is 9.80. The molecule has 2 aromatic carbocycles. The highest BCUT2D eigenvalue weighted by molar-refractivity contribution is 5.98. The van der Waals surface area contributed by atoms with Gasteiger partial charge < -0.3 is 20.0 Å². The van der Waals surface area contributed by atoms with Gasteiger partial charge in [-0.25, -0.2) is 18.0 Å². The van der Waals surface area contributed by atoms with E-state index in [1.807, 2.05) is 12.1 Å². The van der Waals surface area contributed by atoms with Gasteiger partial charge in [-0.3, -0.25) is 4.79 Å². The van der Waals surface area contributed by atoms with E-state index in [1.54, 1.807) is 21.0 Å². The fourth-order valence-corrected chi connectivity index (χ4v) is 5.25. The van der Waals surface area contributed by atoms with Gasteiger partial charge in [0, 0.05) is 26.3 Å². The number of hydrogen-bond acceptors (Lipinski definition) is 3. The van der Waals surface area contributed by atoms with Gasteiger partial charge in [-0.15, -0.1) is 0 Å². The fourth-order valence-electron chi connectivity index (χ4n) is 5.25. The molecular formula is C28H33F3N4O2. The van der Waals surface area contributed by atoms with Crippen molar-refractivity contribution in [2.24, 2.45) is 0 Å². The number of likely N-dealkylation sites (tertiary alicyclic amines) is 1. The van der Waals surface area contributed by atoms with Crippen LogP contribution in [0, 0.1) is 17.5 Å². The Morgan fingerprint density at radius 3 is 2.27 bits per heavy atom. The Bertz CT molecular complexity index is 1180. The van der Waals surface area contributed by atoms with E-state index in [1.165, 1.54) is 33.6 Å². The molecule has 0 saturated carbocycles. The lowest BCUT2D eigenvalue weighted by molar-refractivity contribution is -0.118. The summed E-state index contributed by atoms with van der Waals surface area (Å²) >= 11 is 0. The molecule has 1 N–H and O–H groups in total. The molecule has 4 rings (SSSR count). The molecule has 3 amide bonds. The van der Waals surface area contributed by atoms with Crippen LogP contribution in [0.5, 0.6) is 0 Å². The molecule has 0 bridgehead atoms. The third kappa shape index (κ3) is 5.82. The van der Waals surface area contributed by atoms with Crippen molar-refractivity contribution in [1.29, 1.82) is 0 Å². The molecule has 1 atom stereocenters. The smallest absolute Gasteiger partial charge is 0.324 e. The van der Waals surface area contributed by atoms with Crippen molar-refractivity contribution in [2.75, 3.05) is 40.3 Å². The van der Waals surface area contributed by atoms with Crippen LogP contribution in [0.15, 0.2) is 53.7 Å². The maximum absolute atomic E-state index is 14.0. The summed E-state index contributed by atoms with van der Waals surface area (Å²) in [6.07, 6.45) is 2.76. The Hall–Kier alpha value is -3.33. The Morgan fingerprint density at radius 2 is 1.62 bits per heavy atom. The van der Waals surface area contributed by atoms with Crippen LogP contribution in [0.4, 0.5) is 18.0 Å². The van der Waals surface area contributed by atoms with E-state index in [4.69, 9.17) is 0 Å². The van der Waals surface area contributed by atoms with E-state index in [-0.39, 0.29) is 17.8 Å². The third-order valence-corrected chi connectivity index (χ3v) is 7.51. The number of carbonyl (C=O) groups excluding carboxylic acids is 2. The van der Waals surface area contributed by atoms with E-state index in [0.29, 0.717) is 29.3 Å². The van der Waals surface area contributed by atoms with Crippen molar-refractivity contribution in [2.45, 2.75) is 38.1 Å². The van der Waals surface area contributed by atoms with Gasteiger partial charge in [0.25, 0.3) is 5.91 Å². The van der Waals surface area contributed by atoms with E-state index in [2.05, 4.69) is 10.2 Å². The molecule has 1 saturated heterocycles. The molecule has 6 nitrogen and oxygen atoms in total. The van der Waals surface area contributed by atoms with Crippen LogP contribution in [0.3, 0.4) is 0 Å². The standard InChI is InChI=1S/C28H33F3N4O2/c1-18-25(26(34(3)28(37)33(18)2)21-7-10-23(30)24(31)17-21)27(36)32-13-4-14-35-15-11-20(12-16-35)19-5-8-22(29)9-6-19/h5-10,17,20,26H,4,11-16H2,1-3H3,(H,32,36). The van der Waals surface area contributed by atoms with Crippen molar-refractivity contribution >= 4 is 11.9 Å². The molecular weight excluding hydrogens is 481 g/mol. The number of piperidine rings is 1. The number of carbonyl (C=O) groups is 2. The number of rotatable bonds is 7. The second kappa shape index (κ2) is 11.4. The predicted octanol–water partition coefficient (Wildman–Crippen LogP) is 4.80. The number of amides is 3. The Balaban J connectivity index is 1.34. The van der Waals surface area contributed by atoms with Crippen LogP contribution < -0.4 is 5.32 Å². The zero-order valence-corrected chi connectivity index (χ0v) is 21.4. The first-order chi connectivity index (χ1) is 17.7. The lowest BCUT2D eigenvalue weighted by Gasteiger charge is -2.40. The molecule has 2 aromatic rings. The van der Waals surface area contributed by atoms with Gasteiger partial charge in [0.05, 0.1) is 11.6 Å². The number of allylic oxidation sites excluding steroid dienone is 1. The molecule has 2 aliphatic heterocycles. The minimum atomic E-state index is -1.03. The monoisotopic (exact) mass is 514 g/mol. The largest absolute Gasteiger partial charge is 0.352 e. The molecule has 1 unspecified atom stereocenters. The average molecular weight is 515 g/mol. The zero-order chi connectivity index (χ0) is 26.7. The summed E-state index contributed by atoms with van der Waals surface area (Å²) in [5.74, 6) is -2.14. The predicted molar refractivity (Wildman–Crippen MR) is 135 cm³/mol. The highest BCUT2D eigenvalue weighted by Gasteiger charge is 2.38. The summed E-state index contributed by atoms with van der Waals surface area (Å²) < 4.78 is 40.7. The normalized spacial score (nSPS) is 19.5. The van der Waals surface area contributed by atoms with Crippen LogP contribution in [0.1, 0.15) is 49.3 Å². The zero-order valence-electron chi connectivity index (χ0n) is 21.4. The SMILES string of the molecule is CC1=C(C(=O)NCCCN2CCC(c3ccc(F)cc3)CC2)C(c2ccc(F)c(F)c2)N(C)C(=O)N1C. The minimum Gasteiger partial charge on any atom is -0.352 e. The Morgan fingerprint density at radius 1 is 0.973 bits per heavy atom. The van der Waals surface area contributed by atoms with E-state index in [0.717, 1.165) is 51.0 Å². The number of benzene rings is 2. The summed E-state index contributed by atoms with van der Waals surface area (Å²) in [7, 11) is 3.12. The van der Waals surface area contributed by atoms with E-state index < -0.39 is 17.7 Å². The summed E-state index contributed by atoms with van der Waals surface area (Å²) in [4.78, 5) is 31.1. The van der Waals surface area contributed by atoms with Gasteiger partial charge in [0.1, 0.15) is 5.82 Å². The van der Waals surface area contributed by atoms with E-state index in [9.17, 15) is 22.8 Å². The van der Waals surface area contributed by atoms with Crippen LogP contribution in [-0.4, -0.2) is 66.9 Å². The van der Waals surface area contributed by atoms with Crippen molar-refractivity contribution in [3.63, 3.8) is 0 Å². The number of likely N-dealkylation sites (N-methyl/N-ethyl adjacent to an activating group) is 1. The topological polar surface area (TPSA) is 55.9 Å². The van der Waals surface area contributed by atoms with Crippen LogP contribution in [0.2, 0.25) is 0 Å². The van der Waals surface area contributed by atoms with Gasteiger partial charge in [-0.05, 0) is 87.1 Å². The number of hydrogen-bond donors (Lipinski definition) is 1. The first kappa shape index (κ1) is 26.7. The van der Waals surface area contributed by atoms with Gasteiger partial charge in [-0.1, -0.05) is 18.2 Å². The molecule has 2 aliphatic rings. The fraction of sp³-hybridized carbons (Fsp3) is 0.429. The number of urea groups is 1. The van der Waals surface area contributed by atoms with Gasteiger partial charge in [0.2, 0.25) is 0 Å². The maximum Gasteiger partial charge on any atom is 0.324 e. The number of halogens is 3. The van der Waals surface area contributed by atoms with Crippen molar-refractivity contribution in [3.8, 4) is 0 Å². The summed E-state index contributed by atoms with van der Waals surface area (Å²) in [5, 5.41) is 2.95. The molecule has 198 valence electrons. The molecule has 9 heteroatoms. The lowest BCUT2D eigenvalue weighted by Crippen LogP contribution is -2.48. The van der Waals surface area contributed by atoms with Crippen LogP contribution in [-0.2, 0) is 4.79 Å².